The molecule has 1 saturated heterocycles. The second-order valence-corrected chi connectivity index (χ2v) is 10.6. The van der Waals surface area contributed by atoms with Crippen LogP contribution in [0.4, 0.5) is 20.2 Å². The minimum Gasteiger partial charge on any atom is -0.369 e. The van der Waals surface area contributed by atoms with Crippen LogP contribution in [0.5, 0.6) is 0 Å². The molecule has 10 heteroatoms. The molecule has 3 amide bonds. The number of halogens is 3. The van der Waals surface area contributed by atoms with E-state index in [-0.39, 0.29) is 35.6 Å². The molecule has 0 aromatic heterocycles. The summed E-state index contributed by atoms with van der Waals surface area (Å²) in [6.07, 6.45) is 0.603. The standard InChI is InChI=1S/C33H29ClF2N4O3/c34-24-10-8-23(9-11-24)31(41)38-26-14-15-30(28(20-26)32(42)37-21-22-6-12-25(35)13-7-22)39-16-3-17-40(19-18-39)33(43)27-4-1-2-5-29(27)36/h1-2,4-15,20H,3,16-19,21H2,(H,37,42)(H,38,41). The van der Waals surface area contributed by atoms with Crippen molar-refractivity contribution in [2.45, 2.75) is 13.0 Å². The van der Waals surface area contributed by atoms with Gasteiger partial charge in [0.15, 0.2) is 0 Å². The topological polar surface area (TPSA) is 81.8 Å². The lowest BCUT2D eigenvalue weighted by Gasteiger charge is -2.26. The van der Waals surface area contributed by atoms with Gasteiger partial charge in [0.05, 0.1) is 11.1 Å². The fourth-order valence-electron chi connectivity index (χ4n) is 4.92. The molecule has 1 heterocycles. The van der Waals surface area contributed by atoms with Crippen molar-refractivity contribution in [1.82, 2.24) is 10.2 Å². The third kappa shape index (κ3) is 7.37. The summed E-state index contributed by atoms with van der Waals surface area (Å²) >= 11 is 5.94. The van der Waals surface area contributed by atoms with Crippen LogP contribution in [0.1, 0.15) is 43.1 Å². The molecule has 0 spiro atoms. The molecule has 0 saturated carbocycles. The summed E-state index contributed by atoms with van der Waals surface area (Å²) in [6.45, 7) is 1.90. The first-order valence-corrected chi connectivity index (χ1v) is 14.2. The van der Waals surface area contributed by atoms with Crippen LogP contribution in [0.2, 0.25) is 5.02 Å². The summed E-state index contributed by atoms with van der Waals surface area (Å²) in [5.41, 5.74) is 2.52. The summed E-state index contributed by atoms with van der Waals surface area (Å²) in [7, 11) is 0. The Balaban J connectivity index is 1.37. The maximum Gasteiger partial charge on any atom is 0.256 e. The molecule has 0 radical (unpaired) electrons. The van der Waals surface area contributed by atoms with E-state index in [1.807, 2.05) is 4.90 Å². The Morgan fingerprint density at radius 2 is 1.51 bits per heavy atom. The van der Waals surface area contributed by atoms with Gasteiger partial charge in [0.25, 0.3) is 17.7 Å². The second-order valence-electron chi connectivity index (χ2n) is 10.1. The number of carbonyl (C=O) groups is 3. The van der Waals surface area contributed by atoms with Crippen LogP contribution in [-0.4, -0.2) is 48.8 Å². The fraction of sp³-hybridized carbons (Fsp3) is 0.182. The number of amides is 3. The normalized spacial score (nSPS) is 13.3. The van der Waals surface area contributed by atoms with Crippen molar-refractivity contribution in [3.63, 3.8) is 0 Å². The van der Waals surface area contributed by atoms with Crippen LogP contribution in [0.25, 0.3) is 0 Å². The first kappa shape index (κ1) is 29.7. The second kappa shape index (κ2) is 13.5. The quantitative estimate of drug-likeness (QED) is 0.266. The minimum atomic E-state index is -0.565. The number of benzene rings is 4. The Bertz CT molecular complexity index is 1630. The Hall–Kier alpha value is -4.76. The smallest absolute Gasteiger partial charge is 0.256 e. The number of rotatable bonds is 7. The Morgan fingerprint density at radius 3 is 2.26 bits per heavy atom. The van der Waals surface area contributed by atoms with E-state index in [0.717, 1.165) is 5.56 Å². The van der Waals surface area contributed by atoms with Gasteiger partial charge in [-0.2, -0.15) is 0 Å². The molecule has 1 aliphatic rings. The molecule has 5 rings (SSSR count). The predicted octanol–water partition coefficient (Wildman–Crippen LogP) is 6.15. The predicted molar refractivity (Wildman–Crippen MR) is 163 cm³/mol. The molecule has 1 aliphatic heterocycles. The number of hydrogen-bond donors (Lipinski definition) is 2. The van der Waals surface area contributed by atoms with Gasteiger partial charge in [0.2, 0.25) is 0 Å². The van der Waals surface area contributed by atoms with Gasteiger partial charge in [0.1, 0.15) is 11.6 Å². The number of carbonyl (C=O) groups excluding carboxylic acids is 3. The highest BCUT2D eigenvalue weighted by Gasteiger charge is 2.25. The summed E-state index contributed by atoms with van der Waals surface area (Å²) in [5.74, 6) is -2.06. The zero-order valence-corrected chi connectivity index (χ0v) is 23.9. The van der Waals surface area contributed by atoms with Crippen molar-refractivity contribution in [2.24, 2.45) is 0 Å². The van der Waals surface area contributed by atoms with Gasteiger partial charge >= 0.3 is 0 Å². The summed E-state index contributed by atoms with van der Waals surface area (Å²) in [4.78, 5) is 43.1. The molecule has 4 aromatic carbocycles. The van der Waals surface area contributed by atoms with Crippen LogP contribution in [0.15, 0.2) is 91.0 Å². The molecule has 43 heavy (non-hydrogen) atoms. The minimum absolute atomic E-state index is 0.0255. The lowest BCUT2D eigenvalue weighted by Crippen LogP contribution is -2.36. The fourth-order valence-corrected chi connectivity index (χ4v) is 5.05. The Kier molecular flexibility index (Phi) is 9.32. The van der Waals surface area contributed by atoms with E-state index < -0.39 is 5.82 Å². The molecule has 1 fully saturated rings. The zero-order valence-electron chi connectivity index (χ0n) is 23.2. The lowest BCUT2D eigenvalue weighted by atomic mass is 10.1. The molecule has 7 nitrogen and oxygen atoms in total. The van der Waals surface area contributed by atoms with E-state index in [0.29, 0.717) is 60.1 Å². The van der Waals surface area contributed by atoms with Crippen LogP contribution in [0, 0.1) is 11.6 Å². The van der Waals surface area contributed by atoms with Gasteiger partial charge in [-0.25, -0.2) is 8.78 Å². The van der Waals surface area contributed by atoms with E-state index in [1.54, 1.807) is 71.6 Å². The maximum atomic E-state index is 14.3. The van der Waals surface area contributed by atoms with Gasteiger partial charge in [-0.3, -0.25) is 14.4 Å². The molecule has 0 atom stereocenters. The number of nitrogens with one attached hydrogen (secondary N) is 2. The lowest BCUT2D eigenvalue weighted by molar-refractivity contribution is 0.0761. The number of nitrogens with zero attached hydrogens (tertiary/aromatic N) is 2. The van der Waals surface area contributed by atoms with Gasteiger partial charge < -0.3 is 20.4 Å². The van der Waals surface area contributed by atoms with E-state index in [9.17, 15) is 23.2 Å². The average molecular weight is 603 g/mol. The summed E-state index contributed by atoms with van der Waals surface area (Å²) < 4.78 is 27.6. The van der Waals surface area contributed by atoms with Crippen molar-refractivity contribution in [3.05, 3.63) is 130 Å². The zero-order chi connectivity index (χ0) is 30.3. The summed E-state index contributed by atoms with van der Waals surface area (Å²) in [5, 5.41) is 6.22. The molecule has 4 aromatic rings. The Labute approximate surface area is 253 Å². The first-order valence-electron chi connectivity index (χ1n) is 13.8. The maximum absolute atomic E-state index is 14.3. The van der Waals surface area contributed by atoms with Crippen LogP contribution < -0.4 is 15.5 Å². The van der Waals surface area contributed by atoms with E-state index in [2.05, 4.69) is 10.6 Å². The SMILES string of the molecule is O=C(Nc1ccc(N2CCCN(C(=O)c3ccccc3F)CC2)c(C(=O)NCc2ccc(F)cc2)c1)c1ccc(Cl)cc1. The van der Waals surface area contributed by atoms with Crippen molar-refractivity contribution in [1.29, 1.82) is 0 Å². The summed E-state index contributed by atoms with van der Waals surface area (Å²) in [6, 6.07) is 23.3. The highest BCUT2D eigenvalue weighted by Crippen LogP contribution is 2.27. The van der Waals surface area contributed by atoms with Crippen molar-refractivity contribution >= 4 is 40.7 Å². The third-order valence-electron chi connectivity index (χ3n) is 7.20. The van der Waals surface area contributed by atoms with Crippen molar-refractivity contribution < 1.29 is 23.2 Å². The van der Waals surface area contributed by atoms with E-state index >= 15 is 0 Å². The third-order valence-corrected chi connectivity index (χ3v) is 7.45. The first-order chi connectivity index (χ1) is 20.8. The molecule has 0 bridgehead atoms. The van der Waals surface area contributed by atoms with Crippen LogP contribution >= 0.6 is 11.6 Å². The van der Waals surface area contributed by atoms with Gasteiger partial charge in [0, 0.05) is 54.7 Å². The monoisotopic (exact) mass is 602 g/mol. The van der Waals surface area contributed by atoms with Crippen molar-refractivity contribution in [2.75, 3.05) is 36.4 Å². The van der Waals surface area contributed by atoms with E-state index in [4.69, 9.17) is 11.6 Å². The van der Waals surface area contributed by atoms with Gasteiger partial charge in [-0.15, -0.1) is 0 Å². The molecule has 0 aliphatic carbocycles. The van der Waals surface area contributed by atoms with Crippen LogP contribution in [-0.2, 0) is 6.54 Å². The van der Waals surface area contributed by atoms with Gasteiger partial charge in [-0.1, -0.05) is 35.9 Å². The molecule has 0 unspecified atom stereocenters. The van der Waals surface area contributed by atoms with Crippen molar-refractivity contribution in [3.8, 4) is 0 Å². The number of hydrogen-bond acceptors (Lipinski definition) is 4. The van der Waals surface area contributed by atoms with Gasteiger partial charge in [-0.05, 0) is 78.7 Å². The molecule has 2 N–H and O–H groups in total. The van der Waals surface area contributed by atoms with E-state index in [1.165, 1.54) is 24.3 Å². The average Bonchev–Trinajstić information content (AvgIpc) is 3.27. The molecular formula is C33H29ClF2N4O3. The largest absolute Gasteiger partial charge is 0.369 e. The number of anilines is 2. The Morgan fingerprint density at radius 1 is 0.767 bits per heavy atom. The highest BCUT2D eigenvalue weighted by molar-refractivity contribution is 6.30. The highest BCUT2D eigenvalue weighted by atomic mass is 35.5. The van der Waals surface area contributed by atoms with Crippen LogP contribution in [0.3, 0.4) is 0 Å². The molecular weight excluding hydrogens is 574 g/mol. The molecule has 220 valence electrons.